The first-order chi connectivity index (χ1) is 14.6. The molecule has 2 fully saturated rings. The van der Waals surface area contributed by atoms with Crippen LogP contribution in [0.1, 0.15) is 51.1 Å². The Labute approximate surface area is 177 Å². The fourth-order valence-electron chi connectivity index (χ4n) is 5.93. The van der Waals surface area contributed by atoms with Crippen LogP contribution in [0.5, 0.6) is 0 Å². The zero-order valence-corrected chi connectivity index (χ0v) is 17.6. The van der Waals surface area contributed by atoms with Gasteiger partial charge in [-0.1, -0.05) is 31.5 Å². The number of amides is 1. The highest BCUT2D eigenvalue weighted by molar-refractivity contribution is 5.84. The fourth-order valence-corrected chi connectivity index (χ4v) is 5.93. The van der Waals surface area contributed by atoms with E-state index in [-0.39, 0.29) is 10.8 Å². The molecule has 30 heavy (non-hydrogen) atoms. The average Bonchev–Trinajstić information content (AvgIpc) is 3.44. The summed E-state index contributed by atoms with van der Waals surface area (Å²) in [5, 5.41) is 6.06. The molecule has 1 atom stereocenters. The summed E-state index contributed by atoms with van der Waals surface area (Å²) in [4.78, 5) is 20.1. The summed E-state index contributed by atoms with van der Waals surface area (Å²) < 4.78 is 2.18. The van der Waals surface area contributed by atoms with Gasteiger partial charge in [0, 0.05) is 53.3 Å². The van der Waals surface area contributed by atoms with E-state index in [4.69, 9.17) is 5.10 Å². The van der Waals surface area contributed by atoms with Gasteiger partial charge in [-0.3, -0.25) is 14.5 Å². The van der Waals surface area contributed by atoms with E-state index >= 15 is 0 Å². The van der Waals surface area contributed by atoms with E-state index in [1.165, 1.54) is 12.1 Å². The predicted molar refractivity (Wildman–Crippen MR) is 117 cm³/mol. The number of rotatable bonds is 3. The molecular formula is C25H28N4O. The molecule has 154 valence electrons. The maximum Gasteiger partial charge on any atom is 0.228 e. The van der Waals surface area contributed by atoms with E-state index in [1.54, 1.807) is 0 Å². The Hall–Kier alpha value is -2.69. The summed E-state index contributed by atoms with van der Waals surface area (Å²) in [6.45, 7) is 4.86. The molecule has 1 saturated heterocycles. The van der Waals surface area contributed by atoms with Gasteiger partial charge < -0.3 is 4.90 Å². The Balaban J connectivity index is 1.29. The molecule has 0 N–H and O–H groups in total. The predicted octanol–water partition coefficient (Wildman–Crippen LogP) is 4.55. The number of carbonyl (C=O) groups excluding carboxylic acids is 1. The molecular weight excluding hydrogens is 372 g/mol. The first kappa shape index (κ1) is 18.1. The van der Waals surface area contributed by atoms with Crippen LogP contribution in [0.3, 0.4) is 0 Å². The normalized spacial score (nSPS) is 24.4. The molecule has 6 rings (SSSR count). The molecule has 4 heterocycles. The van der Waals surface area contributed by atoms with E-state index in [0.717, 1.165) is 73.9 Å². The van der Waals surface area contributed by atoms with Crippen molar-refractivity contribution in [2.75, 3.05) is 13.1 Å². The van der Waals surface area contributed by atoms with Crippen LogP contribution in [0, 0.1) is 5.41 Å². The lowest BCUT2D eigenvalue weighted by Crippen LogP contribution is -2.47. The van der Waals surface area contributed by atoms with Crippen LogP contribution >= 0.6 is 0 Å². The van der Waals surface area contributed by atoms with Crippen molar-refractivity contribution in [3.8, 4) is 11.3 Å². The lowest BCUT2D eigenvalue weighted by Gasteiger charge is -2.42. The largest absolute Gasteiger partial charge is 0.341 e. The number of fused-ring (bicyclic) bond motifs is 3. The molecule has 0 bridgehead atoms. The van der Waals surface area contributed by atoms with E-state index in [0.29, 0.717) is 5.91 Å². The topological polar surface area (TPSA) is 51.0 Å². The number of aromatic nitrogens is 3. The van der Waals surface area contributed by atoms with Crippen LogP contribution in [0.2, 0.25) is 0 Å². The van der Waals surface area contributed by atoms with Crippen molar-refractivity contribution in [1.29, 1.82) is 0 Å². The Kier molecular flexibility index (Phi) is 3.86. The second-order valence-electron chi connectivity index (χ2n) is 9.55. The zero-order valence-electron chi connectivity index (χ0n) is 17.6. The summed E-state index contributed by atoms with van der Waals surface area (Å²) in [5.41, 5.74) is 4.39. The van der Waals surface area contributed by atoms with Crippen LogP contribution in [-0.2, 0) is 16.8 Å². The van der Waals surface area contributed by atoms with Gasteiger partial charge in [-0.15, -0.1) is 0 Å². The van der Waals surface area contributed by atoms with Crippen LogP contribution < -0.4 is 0 Å². The van der Waals surface area contributed by atoms with E-state index in [2.05, 4.69) is 39.7 Å². The molecule has 5 nitrogen and oxygen atoms in total. The number of hydrogen-bond donors (Lipinski definition) is 0. The standard InChI is InChI=1S/C25H28N4O/c1-2-24(8-5-9-24)23(30)28-12-10-25(17-28)11-13-29-22(25)15-21(27-29)19-14-18-6-3-4-7-20(18)26-16-19/h3-4,6-7,14-16H,2,5,8-13,17H2,1H3. The number of hydrogen-bond acceptors (Lipinski definition) is 3. The summed E-state index contributed by atoms with van der Waals surface area (Å²) >= 11 is 0. The second kappa shape index (κ2) is 6.40. The van der Waals surface area contributed by atoms with Gasteiger partial charge in [-0.05, 0) is 50.3 Å². The van der Waals surface area contributed by atoms with Gasteiger partial charge in [0.1, 0.15) is 0 Å². The van der Waals surface area contributed by atoms with Crippen molar-refractivity contribution >= 4 is 16.8 Å². The van der Waals surface area contributed by atoms with E-state index < -0.39 is 0 Å². The lowest BCUT2D eigenvalue weighted by molar-refractivity contribution is -0.146. The minimum Gasteiger partial charge on any atom is -0.341 e. The summed E-state index contributed by atoms with van der Waals surface area (Å²) in [5.74, 6) is 0.407. The third kappa shape index (κ3) is 2.50. The highest BCUT2D eigenvalue weighted by atomic mass is 16.2. The molecule has 1 saturated carbocycles. The molecule has 0 radical (unpaired) electrons. The van der Waals surface area contributed by atoms with Crippen LogP contribution in [-0.4, -0.2) is 38.7 Å². The molecule has 1 amide bonds. The van der Waals surface area contributed by atoms with Crippen molar-refractivity contribution in [1.82, 2.24) is 19.7 Å². The third-order valence-electron chi connectivity index (χ3n) is 8.09. The van der Waals surface area contributed by atoms with E-state index in [1.807, 2.05) is 24.4 Å². The Morgan fingerprint density at radius 2 is 1.93 bits per heavy atom. The minimum atomic E-state index is -0.0632. The van der Waals surface area contributed by atoms with Gasteiger partial charge >= 0.3 is 0 Å². The van der Waals surface area contributed by atoms with E-state index in [9.17, 15) is 4.79 Å². The first-order valence-electron chi connectivity index (χ1n) is 11.4. The van der Waals surface area contributed by atoms with Crippen LogP contribution in [0.25, 0.3) is 22.2 Å². The SMILES string of the molecule is CCC1(C(=O)N2CCC3(CCn4nc(-c5cnc6ccccc6c5)cc43)C2)CCC1. The number of likely N-dealkylation sites (tertiary alicyclic amines) is 1. The Morgan fingerprint density at radius 1 is 1.10 bits per heavy atom. The van der Waals surface area contributed by atoms with Crippen molar-refractivity contribution in [2.24, 2.45) is 5.41 Å². The molecule has 2 aliphatic heterocycles. The molecule has 1 unspecified atom stereocenters. The Bertz CT molecular complexity index is 1140. The van der Waals surface area contributed by atoms with Gasteiger partial charge in [-0.25, -0.2) is 0 Å². The van der Waals surface area contributed by atoms with Gasteiger partial charge in [-0.2, -0.15) is 5.10 Å². The summed E-state index contributed by atoms with van der Waals surface area (Å²) in [6, 6.07) is 12.6. The molecule has 1 spiro atoms. The van der Waals surface area contributed by atoms with Crippen molar-refractivity contribution in [2.45, 2.75) is 57.4 Å². The average molecular weight is 401 g/mol. The third-order valence-corrected chi connectivity index (χ3v) is 8.09. The highest BCUT2D eigenvalue weighted by Gasteiger charge is 2.51. The lowest BCUT2D eigenvalue weighted by atomic mass is 9.66. The maximum atomic E-state index is 13.3. The van der Waals surface area contributed by atoms with Crippen molar-refractivity contribution in [3.05, 3.63) is 48.3 Å². The molecule has 3 aliphatic rings. The van der Waals surface area contributed by atoms with Crippen LogP contribution in [0.15, 0.2) is 42.6 Å². The number of carbonyl (C=O) groups is 1. The number of para-hydroxylation sites is 1. The summed E-state index contributed by atoms with van der Waals surface area (Å²) in [7, 11) is 0. The number of benzene rings is 1. The minimum absolute atomic E-state index is 0.0632. The number of aryl methyl sites for hydroxylation is 1. The monoisotopic (exact) mass is 400 g/mol. The quantitative estimate of drug-likeness (QED) is 0.648. The van der Waals surface area contributed by atoms with Crippen molar-refractivity contribution in [3.63, 3.8) is 0 Å². The fraction of sp³-hybridized carbons (Fsp3) is 0.480. The first-order valence-corrected chi connectivity index (χ1v) is 11.4. The molecule has 5 heteroatoms. The van der Waals surface area contributed by atoms with Gasteiger partial charge in [0.05, 0.1) is 11.2 Å². The molecule has 1 aromatic carbocycles. The number of nitrogens with zero attached hydrogens (tertiary/aromatic N) is 4. The highest BCUT2D eigenvalue weighted by Crippen LogP contribution is 2.49. The number of pyridine rings is 1. The zero-order chi connectivity index (χ0) is 20.3. The van der Waals surface area contributed by atoms with Crippen LogP contribution in [0.4, 0.5) is 0 Å². The van der Waals surface area contributed by atoms with Gasteiger partial charge in [0.2, 0.25) is 5.91 Å². The molecule has 3 aromatic rings. The smallest absolute Gasteiger partial charge is 0.228 e. The molecule has 2 aromatic heterocycles. The second-order valence-corrected chi connectivity index (χ2v) is 9.55. The summed E-state index contributed by atoms with van der Waals surface area (Å²) in [6.07, 6.45) is 8.40. The van der Waals surface area contributed by atoms with Gasteiger partial charge in [0.15, 0.2) is 0 Å². The molecule has 1 aliphatic carbocycles. The van der Waals surface area contributed by atoms with Gasteiger partial charge in [0.25, 0.3) is 0 Å². The maximum absolute atomic E-state index is 13.3. The van der Waals surface area contributed by atoms with Crippen molar-refractivity contribution < 1.29 is 4.79 Å². The Morgan fingerprint density at radius 3 is 2.73 bits per heavy atom.